The van der Waals surface area contributed by atoms with E-state index in [1.807, 2.05) is 48.2 Å². The Morgan fingerprint density at radius 1 is 1.25 bits per heavy atom. The third-order valence-corrected chi connectivity index (χ3v) is 4.53. The molecule has 0 saturated carbocycles. The van der Waals surface area contributed by atoms with Crippen LogP contribution in [0.1, 0.15) is 40.7 Å². The zero-order chi connectivity index (χ0) is 16.5. The molecule has 1 fully saturated rings. The van der Waals surface area contributed by atoms with Gasteiger partial charge in [-0.1, -0.05) is 12.1 Å². The number of amides is 1. The summed E-state index contributed by atoms with van der Waals surface area (Å²) >= 11 is 0. The number of hydrogen-bond acceptors (Lipinski definition) is 4. The van der Waals surface area contributed by atoms with Gasteiger partial charge in [0.25, 0.3) is 5.91 Å². The highest BCUT2D eigenvalue weighted by molar-refractivity contribution is 5.94. The molecule has 5 nitrogen and oxygen atoms in total. The molecule has 1 saturated heterocycles. The van der Waals surface area contributed by atoms with E-state index in [4.69, 9.17) is 4.42 Å². The molecule has 0 aliphatic carbocycles. The topological polar surface area (TPSA) is 59.2 Å². The highest BCUT2D eigenvalue weighted by atomic mass is 16.3. The monoisotopic (exact) mass is 321 g/mol. The molecule has 3 aromatic rings. The number of piperidine rings is 1. The number of fused-ring (bicyclic) bond motifs is 1. The number of aryl methyl sites for hydroxylation is 1. The fourth-order valence-corrected chi connectivity index (χ4v) is 3.20. The van der Waals surface area contributed by atoms with Crippen LogP contribution in [0, 0.1) is 6.92 Å². The van der Waals surface area contributed by atoms with Crippen LogP contribution in [-0.4, -0.2) is 33.9 Å². The molecule has 1 unspecified atom stereocenters. The summed E-state index contributed by atoms with van der Waals surface area (Å²) in [6.07, 6.45) is 3.60. The molecule has 1 aliphatic rings. The largest absolute Gasteiger partial charge is 0.440 e. The van der Waals surface area contributed by atoms with Gasteiger partial charge in [0, 0.05) is 25.0 Å². The Bertz CT molecular complexity index is 837. The van der Waals surface area contributed by atoms with E-state index in [9.17, 15) is 4.79 Å². The number of nitrogens with zero attached hydrogens (tertiary/aromatic N) is 3. The fourth-order valence-electron chi connectivity index (χ4n) is 3.20. The van der Waals surface area contributed by atoms with Crippen molar-refractivity contribution in [2.75, 3.05) is 13.1 Å². The van der Waals surface area contributed by atoms with Gasteiger partial charge in [-0.15, -0.1) is 0 Å². The Kier molecular flexibility index (Phi) is 3.76. The van der Waals surface area contributed by atoms with Crippen molar-refractivity contribution in [1.29, 1.82) is 0 Å². The first-order valence-corrected chi connectivity index (χ1v) is 8.28. The van der Waals surface area contributed by atoms with Gasteiger partial charge in [-0.3, -0.25) is 9.78 Å². The quantitative estimate of drug-likeness (QED) is 0.724. The van der Waals surface area contributed by atoms with Crippen molar-refractivity contribution >= 4 is 17.0 Å². The van der Waals surface area contributed by atoms with Crippen molar-refractivity contribution in [3.63, 3.8) is 0 Å². The number of carbonyl (C=O) groups excluding carboxylic acids is 1. The van der Waals surface area contributed by atoms with Gasteiger partial charge >= 0.3 is 0 Å². The second-order valence-corrected chi connectivity index (χ2v) is 6.30. The first-order chi connectivity index (χ1) is 11.7. The molecular weight excluding hydrogens is 302 g/mol. The van der Waals surface area contributed by atoms with Crippen LogP contribution in [0.4, 0.5) is 0 Å². The van der Waals surface area contributed by atoms with Crippen LogP contribution in [0.3, 0.4) is 0 Å². The van der Waals surface area contributed by atoms with Crippen LogP contribution in [0.5, 0.6) is 0 Å². The fraction of sp³-hybridized carbons (Fsp3) is 0.316. The summed E-state index contributed by atoms with van der Waals surface area (Å²) in [6, 6.07) is 11.5. The molecule has 0 N–H and O–H groups in total. The highest BCUT2D eigenvalue weighted by Crippen LogP contribution is 2.29. The number of para-hydroxylation sites is 2. The van der Waals surface area contributed by atoms with Gasteiger partial charge < -0.3 is 9.32 Å². The molecule has 2 aromatic heterocycles. The minimum absolute atomic E-state index is 0.0308. The normalized spacial score (nSPS) is 18.0. The lowest BCUT2D eigenvalue weighted by atomic mass is 9.97. The Morgan fingerprint density at radius 3 is 2.92 bits per heavy atom. The van der Waals surface area contributed by atoms with E-state index < -0.39 is 0 Å². The molecule has 1 aromatic carbocycles. The molecule has 0 radical (unpaired) electrons. The molecule has 3 heterocycles. The predicted octanol–water partition coefficient (Wildman–Crippen LogP) is 3.55. The third-order valence-electron chi connectivity index (χ3n) is 4.53. The summed E-state index contributed by atoms with van der Waals surface area (Å²) in [7, 11) is 0. The molecular formula is C19H19N3O2. The van der Waals surface area contributed by atoms with Crippen LogP contribution in [0.15, 0.2) is 47.0 Å². The van der Waals surface area contributed by atoms with Crippen LogP contribution in [-0.2, 0) is 0 Å². The molecule has 0 spiro atoms. The second kappa shape index (κ2) is 6.07. The standard InChI is InChI=1S/C19H19N3O2/c1-13-8-9-14(11-20-13)19(23)22-10-4-5-15(12-22)18-21-16-6-2-3-7-17(16)24-18/h2-3,6-9,11,15H,4-5,10,12H2,1H3. The molecule has 122 valence electrons. The minimum atomic E-state index is 0.0308. The number of pyridine rings is 1. The average Bonchev–Trinajstić information content (AvgIpc) is 3.06. The van der Waals surface area contributed by atoms with Gasteiger partial charge in [-0.25, -0.2) is 4.98 Å². The SMILES string of the molecule is Cc1ccc(C(=O)N2CCCC(c3nc4ccccc4o3)C2)cn1. The Morgan fingerprint density at radius 2 is 2.12 bits per heavy atom. The lowest BCUT2D eigenvalue weighted by molar-refractivity contribution is 0.0698. The molecule has 1 amide bonds. The van der Waals surface area contributed by atoms with Crippen molar-refractivity contribution in [2.24, 2.45) is 0 Å². The van der Waals surface area contributed by atoms with Crippen LogP contribution >= 0.6 is 0 Å². The highest BCUT2D eigenvalue weighted by Gasteiger charge is 2.28. The van der Waals surface area contributed by atoms with Crippen molar-refractivity contribution in [2.45, 2.75) is 25.7 Å². The number of aromatic nitrogens is 2. The van der Waals surface area contributed by atoms with Gasteiger partial charge in [-0.05, 0) is 44.0 Å². The van der Waals surface area contributed by atoms with E-state index in [0.29, 0.717) is 12.1 Å². The Labute approximate surface area is 140 Å². The van der Waals surface area contributed by atoms with E-state index in [0.717, 1.165) is 42.1 Å². The molecule has 24 heavy (non-hydrogen) atoms. The Hall–Kier alpha value is -2.69. The summed E-state index contributed by atoms with van der Waals surface area (Å²) in [6.45, 7) is 3.32. The number of rotatable bonds is 2. The van der Waals surface area contributed by atoms with Gasteiger partial charge in [0.05, 0.1) is 11.5 Å². The lowest BCUT2D eigenvalue weighted by Gasteiger charge is -2.31. The van der Waals surface area contributed by atoms with Crippen molar-refractivity contribution in [3.05, 3.63) is 59.7 Å². The van der Waals surface area contributed by atoms with Crippen LogP contribution in [0.2, 0.25) is 0 Å². The van der Waals surface area contributed by atoms with E-state index in [2.05, 4.69) is 9.97 Å². The third kappa shape index (κ3) is 2.77. The van der Waals surface area contributed by atoms with E-state index in [1.165, 1.54) is 0 Å². The number of carbonyl (C=O) groups is 1. The zero-order valence-corrected chi connectivity index (χ0v) is 13.6. The van der Waals surface area contributed by atoms with Crippen molar-refractivity contribution in [1.82, 2.24) is 14.9 Å². The summed E-state index contributed by atoms with van der Waals surface area (Å²) in [5.74, 6) is 0.910. The molecule has 1 atom stereocenters. The molecule has 5 heteroatoms. The first kappa shape index (κ1) is 14.9. The summed E-state index contributed by atoms with van der Waals surface area (Å²) < 4.78 is 5.90. The van der Waals surface area contributed by atoms with Gasteiger partial charge in [-0.2, -0.15) is 0 Å². The number of hydrogen-bond donors (Lipinski definition) is 0. The smallest absolute Gasteiger partial charge is 0.255 e. The van der Waals surface area contributed by atoms with E-state index in [-0.39, 0.29) is 11.8 Å². The second-order valence-electron chi connectivity index (χ2n) is 6.30. The van der Waals surface area contributed by atoms with Gasteiger partial charge in [0.15, 0.2) is 11.5 Å². The van der Waals surface area contributed by atoms with Gasteiger partial charge in [0.1, 0.15) is 5.52 Å². The van der Waals surface area contributed by atoms with Gasteiger partial charge in [0.2, 0.25) is 0 Å². The van der Waals surface area contributed by atoms with E-state index in [1.54, 1.807) is 6.20 Å². The number of benzene rings is 1. The molecule has 4 rings (SSSR count). The Balaban J connectivity index is 1.54. The average molecular weight is 321 g/mol. The van der Waals surface area contributed by atoms with Crippen LogP contribution in [0.25, 0.3) is 11.1 Å². The maximum atomic E-state index is 12.7. The lowest BCUT2D eigenvalue weighted by Crippen LogP contribution is -2.39. The van der Waals surface area contributed by atoms with Crippen LogP contribution < -0.4 is 0 Å². The van der Waals surface area contributed by atoms with Crippen molar-refractivity contribution in [3.8, 4) is 0 Å². The van der Waals surface area contributed by atoms with Crippen molar-refractivity contribution < 1.29 is 9.21 Å². The van der Waals surface area contributed by atoms with E-state index >= 15 is 0 Å². The number of likely N-dealkylation sites (tertiary alicyclic amines) is 1. The molecule has 0 bridgehead atoms. The summed E-state index contributed by atoms with van der Waals surface area (Å²) in [5.41, 5.74) is 3.23. The predicted molar refractivity (Wildman–Crippen MR) is 90.9 cm³/mol. The maximum Gasteiger partial charge on any atom is 0.255 e. The zero-order valence-electron chi connectivity index (χ0n) is 13.6. The summed E-state index contributed by atoms with van der Waals surface area (Å²) in [5, 5.41) is 0. The molecule has 1 aliphatic heterocycles. The summed E-state index contributed by atoms with van der Waals surface area (Å²) in [4.78, 5) is 23.4. The maximum absolute atomic E-state index is 12.7. The minimum Gasteiger partial charge on any atom is -0.440 e. The number of oxazole rings is 1. The first-order valence-electron chi connectivity index (χ1n) is 8.28.